The number of nitrogens with two attached hydrogens (primary N) is 1. The van der Waals surface area contributed by atoms with E-state index in [1.807, 2.05) is 0 Å². The molecular weight excluding hydrogens is 294 g/mol. The molecule has 0 spiro atoms. The Labute approximate surface area is 122 Å². The molecule has 4 nitrogen and oxygen atoms in total. The number of halogens is 3. The molecule has 1 heterocycles. The van der Waals surface area contributed by atoms with E-state index < -0.39 is 5.82 Å². The molecule has 0 aromatic heterocycles. The lowest BCUT2D eigenvalue weighted by atomic mass is 10.1. The third kappa shape index (κ3) is 3.57. The summed E-state index contributed by atoms with van der Waals surface area (Å²) in [7, 11) is 0. The lowest BCUT2D eigenvalue weighted by molar-refractivity contribution is -0.0167. The van der Waals surface area contributed by atoms with Crippen LogP contribution in [0.25, 0.3) is 0 Å². The number of carbonyl (C=O) groups excluding carboxylic acids is 1. The maximum Gasteiger partial charge on any atom is 0.255 e. The zero-order valence-electron chi connectivity index (χ0n) is 10.1. The van der Waals surface area contributed by atoms with Gasteiger partial charge in [-0.05, 0) is 12.1 Å². The summed E-state index contributed by atoms with van der Waals surface area (Å²) < 4.78 is 18.7. The van der Waals surface area contributed by atoms with Gasteiger partial charge in [0.2, 0.25) is 0 Å². The maximum atomic E-state index is 13.3. The Morgan fingerprint density at radius 3 is 3.00 bits per heavy atom. The summed E-state index contributed by atoms with van der Waals surface area (Å²) in [6.07, 6.45) is -0.171. The molecule has 2 N–H and O–H groups in total. The highest BCUT2D eigenvalue weighted by molar-refractivity contribution is 6.34. The molecule has 1 saturated heterocycles. The fourth-order valence-corrected chi connectivity index (χ4v) is 2.09. The number of morpholine rings is 1. The molecule has 0 aliphatic carbocycles. The Kier molecular flexibility index (Phi) is 6.00. The minimum absolute atomic E-state index is 0. The van der Waals surface area contributed by atoms with Crippen LogP contribution in [0.2, 0.25) is 5.02 Å². The quantitative estimate of drug-likeness (QED) is 0.905. The van der Waals surface area contributed by atoms with Crippen molar-refractivity contribution in [3.63, 3.8) is 0 Å². The van der Waals surface area contributed by atoms with Crippen LogP contribution in [0.1, 0.15) is 10.4 Å². The van der Waals surface area contributed by atoms with Gasteiger partial charge in [0.05, 0.1) is 23.3 Å². The molecule has 1 aromatic rings. The van der Waals surface area contributed by atoms with Gasteiger partial charge in [-0.15, -0.1) is 12.4 Å². The van der Waals surface area contributed by atoms with Crippen molar-refractivity contribution in [1.82, 2.24) is 4.90 Å². The van der Waals surface area contributed by atoms with Crippen LogP contribution in [0.3, 0.4) is 0 Å². The fourth-order valence-electron chi connectivity index (χ4n) is 1.89. The number of rotatable bonds is 2. The summed E-state index contributed by atoms with van der Waals surface area (Å²) >= 11 is 5.80. The van der Waals surface area contributed by atoms with Gasteiger partial charge >= 0.3 is 0 Å². The third-order valence-electron chi connectivity index (χ3n) is 2.87. The van der Waals surface area contributed by atoms with Crippen LogP contribution in [-0.4, -0.2) is 43.2 Å². The minimum Gasteiger partial charge on any atom is -0.373 e. The monoisotopic (exact) mass is 308 g/mol. The highest BCUT2D eigenvalue weighted by atomic mass is 35.5. The summed E-state index contributed by atoms with van der Waals surface area (Å²) in [6.45, 7) is 1.64. The highest BCUT2D eigenvalue weighted by Crippen LogP contribution is 2.22. The molecule has 19 heavy (non-hydrogen) atoms. The lowest BCUT2D eigenvalue weighted by Crippen LogP contribution is -2.48. The molecular formula is C12H15Cl2FN2O2. The van der Waals surface area contributed by atoms with E-state index in [9.17, 15) is 9.18 Å². The molecule has 0 saturated carbocycles. The largest absolute Gasteiger partial charge is 0.373 e. The summed E-state index contributed by atoms with van der Waals surface area (Å²) in [5, 5.41) is -0.140. The molecule has 0 radical (unpaired) electrons. The molecule has 1 fully saturated rings. The SMILES string of the molecule is Cl.NCC1CN(C(=O)c2cccc(F)c2Cl)CCO1. The van der Waals surface area contributed by atoms with Crippen molar-refractivity contribution in [3.8, 4) is 0 Å². The van der Waals surface area contributed by atoms with E-state index in [-0.39, 0.29) is 35.0 Å². The number of hydrogen-bond donors (Lipinski definition) is 1. The van der Waals surface area contributed by atoms with E-state index in [2.05, 4.69) is 0 Å². The topological polar surface area (TPSA) is 55.6 Å². The van der Waals surface area contributed by atoms with Gasteiger partial charge in [-0.25, -0.2) is 4.39 Å². The first-order valence-electron chi connectivity index (χ1n) is 5.68. The predicted octanol–water partition coefficient (Wildman–Crippen LogP) is 1.70. The number of nitrogens with zero attached hydrogens (tertiary/aromatic N) is 1. The average molecular weight is 309 g/mol. The van der Waals surface area contributed by atoms with Crippen LogP contribution in [0, 0.1) is 5.82 Å². The zero-order chi connectivity index (χ0) is 13.1. The summed E-state index contributed by atoms with van der Waals surface area (Å²) in [4.78, 5) is 13.8. The Hall–Kier alpha value is -0.880. The van der Waals surface area contributed by atoms with Gasteiger partial charge < -0.3 is 15.4 Å². The lowest BCUT2D eigenvalue weighted by Gasteiger charge is -2.32. The maximum absolute atomic E-state index is 13.3. The number of hydrogen-bond acceptors (Lipinski definition) is 3. The van der Waals surface area contributed by atoms with Crippen LogP contribution in [0.5, 0.6) is 0 Å². The van der Waals surface area contributed by atoms with E-state index in [1.54, 1.807) is 4.90 Å². The fraction of sp³-hybridized carbons (Fsp3) is 0.417. The zero-order valence-corrected chi connectivity index (χ0v) is 11.7. The summed E-state index contributed by atoms with van der Waals surface area (Å²) in [5.74, 6) is -0.882. The van der Waals surface area contributed by atoms with E-state index in [0.29, 0.717) is 26.2 Å². The van der Waals surface area contributed by atoms with Crippen molar-refractivity contribution < 1.29 is 13.9 Å². The van der Waals surface area contributed by atoms with Crippen molar-refractivity contribution in [2.75, 3.05) is 26.2 Å². The van der Waals surface area contributed by atoms with Gasteiger partial charge in [0, 0.05) is 19.6 Å². The molecule has 1 atom stereocenters. The molecule has 1 aliphatic heterocycles. The minimum atomic E-state index is -0.592. The second-order valence-electron chi connectivity index (χ2n) is 4.08. The number of ether oxygens (including phenoxy) is 1. The second-order valence-corrected chi connectivity index (χ2v) is 4.46. The van der Waals surface area contributed by atoms with Crippen LogP contribution in [0.4, 0.5) is 4.39 Å². The molecule has 7 heteroatoms. The number of carbonyl (C=O) groups is 1. The third-order valence-corrected chi connectivity index (χ3v) is 3.26. The molecule has 1 amide bonds. The number of benzene rings is 1. The van der Waals surface area contributed by atoms with Crippen LogP contribution in [-0.2, 0) is 4.74 Å². The van der Waals surface area contributed by atoms with Crippen LogP contribution >= 0.6 is 24.0 Å². The number of amides is 1. The summed E-state index contributed by atoms with van der Waals surface area (Å²) in [5.41, 5.74) is 5.68. The van der Waals surface area contributed by atoms with Gasteiger partial charge in [0.25, 0.3) is 5.91 Å². The van der Waals surface area contributed by atoms with E-state index in [1.165, 1.54) is 18.2 Å². The molecule has 1 unspecified atom stereocenters. The van der Waals surface area contributed by atoms with E-state index >= 15 is 0 Å². The first-order chi connectivity index (χ1) is 8.63. The predicted molar refractivity (Wildman–Crippen MR) is 73.4 cm³/mol. The van der Waals surface area contributed by atoms with Crippen molar-refractivity contribution in [3.05, 3.63) is 34.6 Å². The van der Waals surface area contributed by atoms with Gasteiger partial charge in [-0.3, -0.25) is 4.79 Å². The van der Waals surface area contributed by atoms with Crippen LogP contribution < -0.4 is 5.73 Å². The smallest absolute Gasteiger partial charge is 0.255 e. The molecule has 106 valence electrons. The Balaban J connectivity index is 0.00000180. The average Bonchev–Trinajstić information content (AvgIpc) is 2.41. The van der Waals surface area contributed by atoms with Crippen LogP contribution in [0.15, 0.2) is 18.2 Å². The molecule has 1 aromatic carbocycles. The molecule has 2 rings (SSSR count). The Morgan fingerprint density at radius 1 is 1.58 bits per heavy atom. The molecule has 0 bridgehead atoms. The standard InChI is InChI=1S/C12H14ClFN2O2.ClH/c13-11-9(2-1-3-10(11)14)12(17)16-4-5-18-8(6-15)7-16;/h1-3,8H,4-7,15H2;1H. The van der Waals surface area contributed by atoms with Gasteiger partial charge in [0.1, 0.15) is 5.82 Å². The van der Waals surface area contributed by atoms with Crippen molar-refractivity contribution >= 4 is 29.9 Å². The van der Waals surface area contributed by atoms with Gasteiger partial charge in [-0.2, -0.15) is 0 Å². The van der Waals surface area contributed by atoms with Crippen molar-refractivity contribution in [1.29, 1.82) is 0 Å². The second kappa shape index (κ2) is 7.05. The van der Waals surface area contributed by atoms with Gasteiger partial charge in [-0.1, -0.05) is 17.7 Å². The molecule has 1 aliphatic rings. The van der Waals surface area contributed by atoms with E-state index in [4.69, 9.17) is 22.1 Å². The van der Waals surface area contributed by atoms with Crippen molar-refractivity contribution in [2.24, 2.45) is 5.73 Å². The highest BCUT2D eigenvalue weighted by Gasteiger charge is 2.26. The first-order valence-corrected chi connectivity index (χ1v) is 6.06. The van der Waals surface area contributed by atoms with E-state index in [0.717, 1.165) is 0 Å². The van der Waals surface area contributed by atoms with Crippen molar-refractivity contribution in [2.45, 2.75) is 6.10 Å². The van der Waals surface area contributed by atoms with Gasteiger partial charge in [0.15, 0.2) is 0 Å². The Bertz CT molecular complexity index is 459. The summed E-state index contributed by atoms with van der Waals surface area (Å²) in [6, 6.07) is 4.21. The first kappa shape index (κ1) is 16.2. The normalized spacial score (nSPS) is 18.9. The Morgan fingerprint density at radius 2 is 2.32 bits per heavy atom.